The van der Waals surface area contributed by atoms with Crippen LogP contribution < -0.4 is 10.6 Å². The second-order valence-corrected chi connectivity index (χ2v) is 6.88. The second-order valence-electron chi connectivity index (χ2n) is 6.88. The Morgan fingerprint density at radius 3 is 2.32 bits per heavy atom. The Balaban J connectivity index is 1.76. The summed E-state index contributed by atoms with van der Waals surface area (Å²) in [5.74, 6) is 0.0650. The van der Waals surface area contributed by atoms with Gasteiger partial charge in [0.2, 0.25) is 0 Å². The van der Waals surface area contributed by atoms with Gasteiger partial charge in [-0.05, 0) is 60.9 Å². The van der Waals surface area contributed by atoms with E-state index in [1.54, 1.807) is 30.5 Å². The van der Waals surface area contributed by atoms with Crippen molar-refractivity contribution >= 4 is 28.8 Å². The highest BCUT2D eigenvalue weighted by Crippen LogP contribution is 2.24. The number of ketones is 1. The Labute approximate surface area is 164 Å². The van der Waals surface area contributed by atoms with E-state index in [0.717, 1.165) is 22.6 Å². The number of hydrogen-bond donors (Lipinski definition) is 2. The number of carbonyl (C=O) groups excluding carboxylic acids is 2. The zero-order valence-corrected chi connectivity index (χ0v) is 16.2. The summed E-state index contributed by atoms with van der Waals surface area (Å²) >= 11 is 0. The molecule has 0 atom stereocenters. The molecule has 3 rings (SSSR count). The smallest absolute Gasteiger partial charge is 0.274 e. The van der Waals surface area contributed by atoms with Crippen LogP contribution in [0.5, 0.6) is 0 Å². The fraction of sp³-hybridized carbons (Fsp3) is 0.174. The standard InChI is InChI=1S/C23H23N3O2/c1-15(2)20-6-4-5-7-21(20)26-23(28)22-14-19(12-13-24-22)25-18-10-8-17(9-11-18)16(3)27/h4-15H,1-3H3,(H,24,25)(H,26,28). The van der Waals surface area contributed by atoms with Gasteiger partial charge in [-0.3, -0.25) is 14.6 Å². The van der Waals surface area contributed by atoms with Crippen LogP contribution in [-0.4, -0.2) is 16.7 Å². The van der Waals surface area contributed by atoms with Crippen LogP contribution in [0.25, 0.3) is 0 Å². The fourth-order valence-electron chi connectivity index (χ4n) is 2.89. The van der Waals surface area contributed by atoms with Gasteiger partial charge in [0.05, 0.1) is 0 Å². The predicted molar refractivity (Wildman–Crippen MR) is 112 cm³/mol. The van der Waals surface area contributed by atoms with Gasteiger partial charge in [-0.25, -0.2) is 0 Å². The maximum absolute atomic E-state index is 12.7. The molecule has 0 aliphatic heterocycles. The normalized spacial score (nSPS) is 10.6. The molecule has 0 bridgehead atoms. The molecule has 5 heteroatoms. The molecule has 0 unspecified atom stereocenters. The summed E-state index contributed by atoms with van der Waals surface area (Å²) in [7, 11) is 0. The highest BCUT2D eigenvalue weighted by Gasteiger charge is 2.12. The van der Waals surface area contributed by atoms with Gasteiger partial charge in [0, 0.05) is 28.8 Å². The average Bonchev–Trinajstić information content (AvgIpc) is 2.69. The molecule has 1 heterocycles. The minimum absolute atomic E-state index is 0.0242. The SMILES string of the molecule is CC(=O)c1ccc(Nc2ccnc(C(=O)Nc3ccccc3C(C)C)c2)cc1. The van der Waals surface area contributed by atoms with Crippen molar-refractivity contribution in [3.63, 3.8) is 0 Å². The molecule has 0 aliphatic rings. The first-order chi connectivity index (χ1) is 13.4. The molecule has 0 radical (unpaired) electrons. The molecule has 1 aromatic heterocycles. The summed E-state index contributed by atoms with van der Waals surface area (Å²) in [6, 6.07) is 18.4. The van der Waals surface area contributed by atoms with E-state index in [2.05, 4.69) is 29.5 Å². The second kappa shape index (κ2) is 8.48. The first-order valence-corrected chi connectivity index (χ1v) is 9.18. The monoisotopic (exact) mass is 373 g/mol. The quantitative estimate of drug-likeness (QED) is 0.567. The van der Waals surface area contributed by atoms with E-state index in [0.29, 0.717) is 17.2 Å². The Kier molecular flexibility index (Phi) is 5.84. The largest absolute Gasteiger partial charge is 0.355 e. The Bertz CT molecular complexity index is 995. The summed E-state index contributed by atoms with van der Waals surface area (Å²) < 4.78 is 0. The highest BCUT2D eigenvalue weighted by atomic mass is 16.2. The van der Waals surface area contributed by atoms with Crippen LogP contribution in [0.2, 0.25) is 0 Å². The lowest BCUT2D eigenvalue weighted by Gasteiger charge is -2.14. The number of carbonyl (C=O) groups is 2. The van der Waals surface area contributed by atoms with E-state index < -0.39 is 0 Å². The number of Topliss-reactive ketones (excluding diaryl/α,β-unsaturated/α-hetero) is 1. The number of amides is 1. The summed E-state index contributed by atoms with van der Waals surface area (Å²) in [6.45, 7) is 5.71. The Hall–Kier alpha value is -3.47. The summed E-state index contributed by atoms with van der Waals surface area (Å²) in [4.78, 5) is 28.2. The van der Waals surface area contributed by atoms with E-state index in [1.165, 1.54) is 6.92 Å². The number of anilines is 3. The maximum Gasteiger partial charge on any atom is 0.274 e. The van der Waals surface area contributed by atoms with E-state index >= 15 is 0 Å². The molecular weight excluding hydrogens is 350 g/mol. The zero-order chi connectivity index (χ0) is 20.1. The lowest BCUT2D eigenvalue weighted by atomic mass is 10.0. The number of nitrogens with one attached hydrogen (secondary N) is 2. The molecular formula is C23H23N3O2. The van der Waals surface area contributed by atoms with Crippen molar-refractivity contribution in [3.8, 4) is 0 Å². The summed E-state index contributed by atoms with van der Waals surface area (Å²) in [5.41, 5.74) is 4.42. The lowest BCUT2D eigenvalue weighted by molar-refractivity contribution is 0.101. The summed E-state index contributed by atoms with van der Waals surface area (Å²) in [6.07, 6.45) is 1.59. The maximum atomic E-state index is 12.7. The van der Waals surface area contributed by atoms with Gasteiger partial charge in [0.1, 0.15) is 5.69 Å². The average molecular weight is 373 g/mol. The van der Waals surface area contributed by atoms with Gasteiger partial charge in [-0.15, -0.1) is 0 Å². The number of nitrogens with zero attached hydrogens (tertiary/aromatic N) is 1. The number of hydrogen-bond acceptors (Lipinski definition) is 4. The summed E-state index contributed by atoms with van der Waals surface area (Å²) in [5, 5.41) is 6.18. The van der Waals surface area contributed by atoms with Gasteiger partial charge in [0.25, 0.3) is 5.91 Å². The molecule has 2 N–H and O–H groups in total. The van der Waals surface area contributed by atoms with E-state index in [-0.39, 0.29) is 11.7 Å². The van der Waals surface area contributed by atoms with Gasteiger partial charge in [0.15, 0.2) is 5.78 Å². The Morgan fingerprint density at radius 2 is 1.64 bits per heavy atom. The number of para-hydroxylation sites is 1. The van der Waals surface area contributed by atoms with E-state index in [9.17, 15) is 9.59 Å². The third kappa shape index (κ3) is 4.62. The molecule has 0 aliphatic carbocycles. The number of aromatic nitrogens is 1. The predicted octanol–water partition coefficient (Wildman–Crippen LogP) is 5.40. The molecule has 3 aromatic rings. The van der Waals surface area contributed by atoms with Crippen molar-refractivity contribution in [2.75, 3.05) is 10.6 Å². The lowest BCUT2D eigenvalue weighted by Crippen LogP contribution is -2.15. The molecule has 28 heavy (non-hydrogen) atoms. The van der Waals surface area contributed by atoms with Crippen LogP contribution in [0.15, 0.2) is 66.9 Å². The van der Waals surface area contributed by atoms with Gasteiger partial charge >= 0.3 is 0 Å². The third-order valence-electron chi connectivity index (χ3n) is 4.40. The van der Waals surface area contributed by atoms with Crippen molar-refractivity contribution in [3.05, 3.63) is 83.7 Å². The number of rotatable bonds is 6. The van der Waals surface area contributed by atoms with Gasteiger partial charge in [-0.2, -0.15) is 0 Å². The number of pyridine rings is 1. The van der Waals surface area contributed by atoms with Crippen LogP contribution in [0.3, 0.4) is 0 Å². The molecule has 142 valence electrons. The first-order valence-electron chi connectivity index (χ1n) is 9.18. The zero-order valence-electron chi connectivity index (χ0n) is 16.2. The van der Waals surface area contributed by atoms with Crippen molar-refractivity contribution < 1.29 is 9.59 Å². The van der Waals surface area contributed by atoms with Crippen LogP contribution >= 0.6 is 0 Å². The minimum atomic E-state index is -0.260. The van der Waals surface area contributed by atoms with Crippen LogP contribution in [-0.2, 0) is 0 Å². The van der Waals surface area contributed by atoms with Crippen LogP contribution in [0.1, 0.15) is 53.1 Å². The molecule has 2 aromatic carbocycles. The van der Waals surface area contributed by atoms with Crippen molar-refractivity contribution in [1.29, 1.82) is 0 Å². The topological polar surface area (TPSA) is 71.1 Å². The number of benzene rings is 2. The van der Waals surface area contributed by atoms with Crippen LogP contribution in [0, 0.1) is 0 Å². The van der Waals surface area contributed by atoms with Crippen molar-refractivity contribution in [2.45, 2.75) is 26.7 Å². The van der Waals surface area contributed by atoms with Gasteiger partial charge in [-0.1, -0.05) is 32.0 Å². The molecule has 0 spiro atoms. The van der Waals surface area contributed by atoms with E-state index in [4.69, 9.17) is 0 Å². The van der Waals surface area contributed by atoms with Gasteiger partial charge < -0.3 is 10.6 Å². The highest BCUT2D eigenvalue weighted by molar-refractivity contribution is 6.04. The third-order valence-corrected chi connectivity index (χ3v) is 4.40. The van der Waals surface area contributed by atoms with Crippen molar-refractivity contribution in [1.82, 2.24) is 4.98 Å². The van der Waals surface area contributed by atoms with E-state index in [1.807, 2.05) is 36.4 Å². The van der Waals surface area contributed by atoms with Crippen molar-refractivity contribution in [2.24, 2.45) is 0 Å². The Morgan fingerprint density at radius 1 is 0.929 bits per heavy atom. The molecule has 1 amide bonds. The molecule has 5 nitrogen and oxygen atoms in total. The molecule has 0 saturated carbocycles. The first kappa shape index (κ1) is 19.3. The molecule has 0 fully saturated rings. The molecule has 0 saturated heterocycles. The minimum Gasteiger partial charge on any atom is -0.355 e. The van der Waals surface area contributed by atoms with Crippen LogP contribution in [0.4, 0.5) is 17.1 Å². The fourth-order valence-corrected chi connectivity index (χ4v) is 2.89.